The van der Waals surface area contributed by atoms with Gasteiger partial charge in [-0.2, -0.15) is 0 Å². The predicted octanol–water partition coefficient (Wildman–Crippen LogP) is 4.29. The van der Waals surface area contributed by atoms with Crippen molar-refractivity contribution >= 4 is 45.6 Å². The summed E-state index contributed by atoms with van der Waals surface area (Å²) in [5, 5.41) is 18.3. The summed E-state index contributed by atoms with van der Waals surface area (Å²) in [5.74, 6) is -2.11. The Morgan fingerprint density at radius 2 is 1.84 bits per heavy atom. The number of rotatable bonds is 8. The fourth-order valence-electron chi connectivity index (χ4n) is 4.28. The maximum atomic E-state index is 13.2. The Hall–Kier alpha value is -5.12. The lowest BCUT2D eigenvalue weighted by atomic mass is 10.1. The third-order valence-electron chi connectivity index (χ3n) is 6.07. The highest BCUT2D eigenvalue weighted by molar-refractivity contribution is 6.06. The summed E-state index contributed by atoms with van der Waals surface area (Å²) in [5.41, 5.74) is 3.74. The fraction of sp³-hybridized carbons (Fsp3) is 0.111. The van der Waals surface area contributed by atoms with Crippen LogP contribution in [0.1, 0.15) is 21.7 Å². The summed E-state index contributed by atoms with van der Waals surface area (Å²) in [6, 6.07) is 17.9. The lowest BCUT2D eigenvalue weighted by Gasteiger charge is -2.10. The molecule has 3 heterocycles. The van der Waals surface area contributed by atoms with Crippen LogP contribution < -0.4 is 10.6 Å². The van der Waals surface area contributed by atoms with E-state index in [9.17, 15) is 19.7 Å². The third kappa shape index (κ3) is 4.85. The molecule has 0 bridgehead atoms. The van der Waals surface area contributed by atoms with Crippen molar-refractivity contribution in [2.75, 3.05) is 6.54 Å². The van der Waals surface area contributed by atoms with Crippen LogP contribution in [0.4, 0.5) is 5.88 Å². The highest BCUT2D eigenvalue weighted by Crippen LogP contribution is 2.23. The van der Waals surface area contributed by atoms with Gasteiger partial charge in [0.25, 0.3) is 11.8 Å². The van der Waals surface area contributed by atoms with Gasteiger partial charge in [0.15, 0.2) is 5.76 Å². The quantitative estimate of drug-likeness (QED) is 0.167. The van der Waals surface area contributed by atoms with Crippen LogP contribution in [0, 0.1) is 10.1 Å². The van der Waals surface area contributed by atoms with Gasteiger partial charge in [0.1, 0.15) is 10.6 Å². The number of aryl methyl sites for hydroxylation is 1. The molecule has 0 radical (unpaired) electrons. The zero-order valence-corrected chi connectivity index (χ0v) is 19.9. The summed E-state index contributed by atoms with van der Waals surface area (Å²) in [6.45, 7) is 0.329. The van der Waals surface area contributed by atoms with Crippen LogP contribution in [0.2, 0.25) is 0 Å². The zero-order valence-electron chi connectivity index (χ0n) is 19.9. The number of H-pyrrole nitrogens is 1. The fourth-order valence-corrected chi connectivity index (χ4v) is 4.28. The molecule has 5 aromatic rings. The second-order valence-corrected chi connectivity index (χ2v) is 8.49. The number of amides is 2. The molecule has 2 amide bonds. The van der Waals surface area contributed by atoms with E-state index in [0.717, 1.165) is 39.0 Å². The molecule has 0 atom stereocenters. The van der Waals surface area contributed by atoms with E-state index in [0.29, 0.717) is 13.0 Å². The van der Waals surface area contributed by atoms with Gasteiger partial charge in [0.05, 0.1) is 6.07 Å². The minimum atomic E-state index is -0.772. The van der Waals surface area contributed by atoms with Gasteiger partial charge in [-0.1, -0.05) is 36.4 Å². The van der Waals surface area contributed by atoms with Gasteiger partial charge in [0, 0.05) is 53.4 Å². The Kier molecular flexibility index (Phi) is 6.29. The standard InChI is InChI=1S/C27H23N5O5/c1-31-16-18(20-7-3-5-9-23(20)31)14-22(30-27(34)24-10-11-25(37-24)32(35)36)26(33)28-13-12-17-15-29-21-8-4-2-6-19(17)21/h2-11,14-16,29H,12-13H2,1H3,(H,28,33)(H,30,34)/b22-14-. The van der Waals surface area contributed by atoms with Crippen LogP contribution in [0.15, 0.2) is 83.2 Å². The van der Waals surface area contributed by atoms with E-state index in [1.54, 1.807) is 6.08 Å². The highest BCUT2D eigenvalue weighted by atomic mass is 16.6. The van der Waals surface area contributed by atoms with Gasteiger partial charge in [-0.3, -0.25) is 19.7 Å². The van der Waals surface area contributed by atoms with Gasteiger partial charge >= 0.3 is 5.88 Å². The lowest BCUT2D eigenvalue weighted by molar-refractivity contribution is -0.402. The number of carbonyl (C=O) groups is 2. The summed E-state index contributed by atoms with van der Waals surface area (Å²) in [4.78, 5) is 39.4. The molecule has 0 aliphatic rings. The molecule has 186 valence electrons. The molecule has 10 heteroatoms. The monoisotopic (exact) mass is 497 g/mol. The predicted molar refractivity (Wildman–Crippen MR) is 139 cm³/mol. The van der Waals surface area contributed by atoms with Crippen molar-refractivity contribution in [2.24, 2.45) is 7.05 Å². The van der Waals surface area contributed by atoms with Gasteiger partial charge in [-0.05, 0) is 36.3 Å². The Bertz CT molecular complexity index is 1670. The molecule has 3 N–H and O–H groups in total. The SMILES string of the molecule is Cn1cc(/C=C(\NC(=O)c2ccc([N+](=O)[O-])o2)C(=O)NCCc2c[nH]c3ccccc23)c2ccccc21. The minimum Gasteiger partial charge on any atom is -0.395 e. The largest absolute Gasteiger partial charge is 0.433 e. The minimum absolute atomic E-state index is 0.0145. The summed E-state index contributed by atoms with van der Waals surface area (Å²) < 4.78 is 6.93. The molecule has 0 unspecified atom stereocenters. The van der Waals surface area contributed by atoms with E-state index in [1.807, 2.05) is 72.5 Å². The first-order valence-electron chi connectivity index (χ1n) is 11.6. The molecule has 0 aliphatic carbocycles. The maximum absolute atomic E-state index is 13.2. The van der Waals surface area contributed by atoms with E-state index >= 15 is 0 Å². The average molecular weight is 498 g/mol. The normalized spacial score (nSPS) is 11.6. The Morgan fingerprint density at radius 1 is 1.08 bits per heavy atom. The lowest BCUT2D eigenvalue weighted by Crippen LogP contribution is -2.35. The van der Waals surface area contributed by atoms with Crippen molar-refractivity contribution in [3.63, 3.8) is 0 Å². The summed E-state index contributed by atoms with van der Waals surface area (Å²) in [7, 11) is 1.89. The molecule has 10 nitrogen and oxygen atoms in total. The first-order valence-corrected chi connectivity index (χ1v) is 11.6. The number of carbonyl (C=O) groups excluding carboxylic acids is 2. The Labute approximate surface area is 210 Å². The van der Waals surface area contributed by atoms with E-state index < -0.39 is 22.6 Å². The highest BCUT2D eigenvalue weighted by Gasteiger charge is 2.21. The number of aromatic nitrogens is 2. The number of furan rings is 1. The molecule has 37 heavy (non-hydrogen) atoms. The number of benzene rings is 2. The number of aromatic amines is 1. The molecule has 0 fully saturated rings. The smallest absolute Gasteiger partial charge is 0.395 e. The summed E-state index contributed by atoms with van der Waals surface area (Å²) in [6.07, 6.45) is 5.93. The van der Waals surface area contributed by atoms with Crippen molar-refractivity contribution in [3.8, 4) is 0 Å². The van der Waals surface area contributed by atoms with Crippen LogP contribution in [0.3, 0.4) is 0 Å². The van der Waals surface area contributed by atoms with Gasteiger partial charge in [0.2, 0.25) is 0 Å². The molecular weight excluding hydrogens is 474 g/mol. The first kappa shape index (κ1) is 23.6. The molecule has 5 rings (SSSR count). The van der Waals surface area contributed by atoms with Crippen LogP contribution >= 0.6 is 0 Å². The number of nitro groups is 1. The van der Waals surface area contributed by atoms with Crippen molar-refractivity contribution in [1.29, 1.82) is 0 Å². The molecule has 0 spiro atoms. The zero-order chi connectivity index (χ0) is 25.9. The van der Waals surface area contributed by atoms with Gasteiger partial charge < -0.3 is 24.6 Å². The number of para-hydroxylation sites is 2. The number of fused-ring (bicyclic) bond motifs is 2. The van der Waals surface area contributed by atoms with Crippen molar-refractivity contribution in [3.05, 3.63) is 106 Å². The van der Waals surface area contributed by atoms with Crippen molar-refractivity contribution in [2.45, 2.75) is 6.42 Å². The van der Waals surface area contributed by atoms with Crippen LogP contribution in [0.25, 0.3) is 27.9 Å². The first-order chi connectivity index (χ1) is 17.9. The molecule has 0 saturated carbocycles. The van der Waals surface area contributed by atoms with Crippen molar-refractivity contribution in [1.82, 2.24) is 20.2 Å². The second kappa shape index (κ2) is 9.86. The average Bonchev–Trinajstić information content (AvgIpc) is 3.62. The summed E-state index contributed by atoms with van der Waals surface area (Å²) >= 11 is 0. The van der Waals surface area contributed by atoms with Crippen LogP contribution in [0.5, 0.6) is 0 Å². The number of hydrogen-bond acceptors (Lipinski definition) is 5. The van der Waals surface area contributed by atoms with Gasteiger partial charge in [-0.15, -0.1) is 0 Å². The maximum Gasteiger partial charge on any atom is 0.433 e. The Balaban J connectivity index is 1.39. The van der Waals surface area contributed by atoms with Crippen LogP contribution in [-0.4, -0.2) is 32.8 Å². The number of hydrogen-bond donors (Lipinski definition) is 3. The molecule has 0 saturated heterocycles. The second-order valence-electron chi connectivity index (χ2n) is 8.49. The van der Waals surface area contributed by atoms with E-state index in [4.69, 9.17) is 4.42 Å². The number of nitrogens with one attached hydrogen (secondary N) is 3. The van der Waals surface area contributed by atoms with E-state index in [2.05, 4.69) is 15.6 Å². The van der Waals surface area contributed by atoms with Crippen LogP contribution in [-0.2, 0) is 18.3 Å². The number of nitrogens with zero attached hydrogens (tertiary/aromatic N) is 2. The molecule has 0 aliphatic heterocycles. The molecule has 3 aromatic heterocycles. The topological polar surface area (TPSA) is 135 Å². The Morgan fingerprint density at radius 3 is 2.62 bits per heavy atom. The van der Waals surface area contributed by atoms with E-state index in [1.165, 1.54) is 6.07 Å². The van der Waals surface area contributed by atoms with Gasteiger partial charge in [-0.25, -0.2) is 0 Å². The molecule has 2 aromatic carbocycles. The van der Waals surface area contributed by atoms with Crippen molar-refractivity contribution < 1.29 is 18.9 Å². The third-order valence-corrected chi connectivity index (χ3v) is 6.07. The molecular formula is C27H23N5O5. The van der Waals surface area contributed by atoms with E-state index in [-0.39, 0.29) is 11.5 Å².